The van der Waals surface area contributed by atoms with Gasteiger partial charge < -0.3 is 5.73 Å². The number of nitrogen functional groups attached to an aromatic ring is 1. The fraction of sp³-hybridized carbons (Fsp3) is 0. The van der Waals surface area contributed by atoms with Crippen molar-refractivity contribution in [2.75, 3.05) is 5.73 Å². The molecule has 1 heterocycles. The largest absolute Gasteiger partial charge is 0.381 e. The predicted molar refractivity (Wildman–Crippen MR) is 69.2 cm³/mol. The quantitative estimate of drug-likeness (QED) is 0.718. The van der Waals surface area contributed by atoms with Gasteiger partial charge in [0.15, 0.2) is 11.5 Å². The number of hydrogen-bond donors (Lipinski definition) is 1. The molecule has 0 spiro atoms. The van der Waals surface area contributed by atoms with E-state index in [1.165, 1.54) is 6.20 Å². The summed E-state index contributed by atoms with van der Waals surface area (Å²) in [5.41, 5.74) is 5.67. The van der Waals surface area contributed by atoms with Gasteiger partial charge >= 0.3 is 0 Å². The molecule has 0 aliphatic rings. The fourth-order valence-corrected chi connectivity index (χ4v) is 1.56. The molecule has 1 aromatic carbocycles. The molecule has 0 saturated carbocycles. The summed E-state index contributed by atoms with van der Waals surface area (Å²) >= 11 is 0. The molecule has 94 valence electrons. The van der Waals surface area contributed by atoms with Crippen LogP contribution in [0.1, 0.15) is 0 Å². The smallest absolute Gasteiger partial charge is 0.170 e. The minimum atomic E-state index is 0.0107. The van der Waals surface area contributed by atoms with Crippen LogP contribution in [-0.2, 0) is 0 Å². The first-order chi connectivity index (χ1) is 9.69. The summed E-state index contributed by atoms with van der Waals surface area (Å²) in [5, 5.41) is 35.5. The predicted octanol–water partition coefficient (Wildman–Crippen LogP) is -0.762. The first-order valence-corrected chi connectivity index (χ1v) is 5.42. The molecule has 0 fully saturated rings. The number of nitrogens with zero attached hydrogens (tertiary/aromatic N) is 6. The maximum Gasteiger partial charge on any atom is 0.170 e. The van der Waals surface area contributed by atoms with Gasteiger partial charge in [-0.2, -0.15) is 20.9 Å². The molecule has 2 rings (SSSR count). The normalized spacial score (nSPS) is 9.05. The van der Waals surface area contributed by atoms with Crippen LogP contribution in [0.4, 0.5) is 5.82 Å². The van der Waals surface area contributed by atoms with Gasteiger partial charge in [-0.15, -0.1) is 9.90 Å². The fourth-order valence-electron chi connectivity index (χ4n) is 1.56. The first-order valence-electron chi connectivity index (χ1n) is 5.42. The van der Waals surface area contributed by atoms with Crippen molar-refractivity contribution < 1.29 is 0 Å². The lowest BCUT2D eigenvalue weighted by Gasteiger charge is -1.96. The molecule has 2 aromatic rings. The highest BCUT2D eigenvalue weighted by atomic mass is 15.5. The molecular weight excluding hydrogens is 254 g/mol. The minimum Gasteiger partial charge on any atom is -0.381 e. The second-order valence-corrected chi connectivity index (χ2v) is 3.70. The van der Waals surface area contributed by atoms with Crippen LogP contribution < -0.4 is 16.2 Å². The second-order valence-electron chi connectivity index (χ2n) is 3.70. The van der Waals surface area contributed by atoms with Crippen molar-refractivity contribution in [2.45, 2.75) is 0 Å². The number of aromatic nitrogens is 3. The van der Waals surface area contributed by atoms with Crippen LogP contribution in [0.2, 0.25) is 0 Å². The lowest BCUT2D eigenvalue weighted by atomic mass is 10.1. The first kappa shape index (κ1) is 12.8. The Kier molecular flexibility index (Phi) is 3.42. The number of anilines is 1. The van der Waals surface area contributed by atoms with Crippen molar-refractivity contribution in [2.24, 2.45) is 0 Å². The summed E-state index contributed by atoms with van der Waals surface area (Å²) in [7, 11) is 0. The van der Waals surface area contributed by atoms with Gasteiger partial charge in [0.1, 0.15) is 23.8 Å². The molecule has 2 N–H and O–H groups in total. The monoisotopic (exact) mass is 261 g/mol. The van der Waals surface area contributed by atoms with Crippen LogP contribution in [0.15, 0.2) is 30.5 Å². The standard InChI is InChI=1S/C13H7N7/c14-5-11(6-15)9-1-3-10(4-2-9)12(7-16)20-18-8-13(17)19-20/h1-4,8H,(H2,17,19). The maximum atomic E-state index is 9.17. The van der Waals surface area contributed by atoms with E-state index < -0.39 is 0 Å². The summed E-state index contributed by atoms with van der Waals surface area (Å²) in [6, 6.07) is 12.0. The molecule has 0 bridgehead atoms. The van der Waals surface area contributed by atoms with E-state index in [1.54, 1.807) is 36.4 Å². The number of rotatable bonds is 1. The van der Waals surface area contributed by atoms with Gasteiger partial charge in [0, 0.05) is 10.4 Å². The zero-order valence-corrected chi connectivity index (χ0v) is 10.1. The van der Waals surface area contributed by atoms with Gasteiger partial charge in [0.25, 0.3) is 0 Å². The number of benzene rings is 1. The van der Waals surface area contributed by atoms with Crippen LogP contribution in [0, 0.1) is 34.0 Å². The Morgan fingerprint density at radius 1 is 1.00 bits per heavy atom. The second kappa shape index (κ2) is 5.34. The molecule has 0 radical (unpaired) electrons. The van der Waals surface area contributed by atoms with E-state index in [9.17, 15) is 5.26 Å². The van der Waals surface area contributed by atoms with Crippen molar-refractivity contribution in [1.82, 2.24) is 15.0 Å². The molecule has 20 heavy (non-hydrogen) atoms. The third-order valence-electron chi connectivity index (χ3n) is 2.49. The Hall–Kier alpha value is -3.63. The Labute approximate surface area is 113 Å². The van der Waals surface area contributed by atoms with Crippen molar-refractivity contribution in [3.05, 3.63) is 40.9 Å². The van der Waals surface area contributed by atoms with Crippen molar-refractivity contribution >= 4 is 17.1 Å². The van der Waals surface area contributed by atoms with Gasteiger partial charge in [0.2, 0.25) is 0 Å². The number of nitrogens with two attached hydrogens (primary N) is 1. The lowest BCUT2D eigenvalue weighted by Crippen LogP contribution is -2.16. The molecule has 7 nitrogen and oxygen atoms in total. The average Bonchev–Trinajstić information content (AvgIpc) is 2.89. The minimum absolute atomic E-state index is 0.0107. The summed E-state index contributed by atoms with van der Waals surface area (Å²) < 4.78 is 0. The molecule has 0 unspecified atom stereocenters. The molecule has 7 heteroatoms. The van der Waals surface area contributed by atoms with E-state index in [4.69, 9.17) is 16.3 Å². The molecule has 0 saturated heterocycles. The van der Waals surface area contributed by atoms with E-state index in [0.29, 0.717) is 10.4 Å². The molecule has 0 aliphatic carbocycles. The Bertz CT molecular complexity index is 860. The van der Waals surface area contributed by atoms with Gasteiger partial charge in [-0.1, -0.05) is 24.3 Å². The Morgan fingerprint density at radius 2 is 1.60 bits per heavy atom. The molecule has 0 aliphatic heterocycles. The van der Waals surface area contributed by atoms with Crippen molar-refractivity contribution in [3.63, 3.8) is 0 Å². The number of nitriles is 3. The summed E-state index contributed by atoms with van der Waals surface area (Å²) in [6.45, 7) is 0. The Balaban J connectivity index is 2.68. The SMILES string of the molecule is N#CC(C#N)=c1ccc(=C(C#N)n2ncc(N)n2)cc1. The molecular formula is C13H7N7. The van der Waals surface area contributed by atoms with E-state index >= 15 is 0 Å². The van der Waals surface area contributed by atoms with Gasteiger partial charge in [-0.25, -0.2) is 0 Å². The van der Waals surface area contributed by atoms with Crippen LogP contribution in [0.5, 0.6) is 0 Å². The summed E-state index contributed by atoms with van der Waals surface area (Å²) in [6.07, 6.45) is 1.34. The van der Waals surface area contributed by atoms with E-state index in [2.05, 4.69) is 10.2 Å². The topological polar surface area (TPSA) is 128 Å². The van der Waals surface area contributed by atoms with Crippen molar-refractivity contribution in [3.8, 4) is 18.2 Å². The lowest BCUT2D eigenvalue weighted by molar-refractivity contribution is 0.777. The third kappa shape index (κ3) is 2.31. The van der Waals surface area contributed by atoms with Crippen LogP contribution >= 0.6 is 0 Å². The number of hydrogen-bond acceptors (Lipinski definition) is 6. The maximum absolute atomic E-state index is 9.17. The highest BCUT2D eigenvalue weighted by Crippen LogP contribution is 1.97. The van der Waals surface area contributed by atoms with E-state index in [0.717, 1.165) is 4.80 Å². The molecule has 1 aromatic heterocycles. The van der Waals surface area contributed by atoms with E-state index in [-0.39, 0.29) is 17.1 Å². The summed E-state index contributed by atoms with van der Waals surface area (Å²) in [5.74, 6) is 0.207. The third-order valence-corrected chi connectivity index (χ3v) is 2.49. The van der Waals surface area contributed by atoms with Gasteiger partial charge in [-0.05, 0) is 0 Å². The Morgan fingerprint density at radius 3 is 2.05 bits per heavy atom. The highest BCUT2D eigenvalue weighted by molar-refractivity contribution is 5.72. The van der Waals surface area contributed by atoms with E-state index in [1.807, 2.05) is 6.07 Å². The molecule has 0 amide bonds. The zero-order chi connectivity index (χ0) is 14.5. The zero-order valence-electron chi connectivity index (χ0n) is 10.1. The van der Waals surface area contributed by atoms with Crippen LogP contribution in [0.25, 0.3) is 11.3 Å². The highest BCUT2D eigenvalue weighted by Gasteiger charge is 2.04. The van der Waals surface area contributed by atoms with Gasteiger partial charge in [-0.3, -0.25) is 0 Å². The van der Waals surface area contributed by atoms with Crippen molar-refractivity contribution in [1.29, 1.82) is 15.8 Å². The molecule has 0 atom stereocenters. The van der Waals surface area contributed by atoms with Crippen LogP contribution in [0.3, 0.4) is 0 Å². The average molecular weight is 261 g/mol. The van der Waals surface area contributed by atoms with Gasteiger partial charge in [0.05, 0.1) is 6.20 Å². The van der Waals surface area contributed by atoms with Crippen LogP contribution in [-0.4, -0.2) is 15.0 Å². The summed E-state index contributed by atoms with van der Waals surface area (Å²) in [4.78, 5) is 1.13.